The van der Waals surface area contributed by atoms with Gasteiger partial charge in [-0.15, -0.1) is 22.9 Å². The van der Waals surface area contributed by atoms with Crippen molar-refractivity contribution in [2.75, 3.05) is 0 Å². The van der Waals surface area contributed by atoms with Crippen LogP contribution in [0.4, 0.5) is 0 Å². The molecular weight excluding hydrogens is 420 g/mol. The highest BCUT2D eigenvalue weighted by molar-refractivity contribution is 9.13. The SMILES string of the molecule is CCC(C)C(c1ccccc1)C(Cl)c1cc(Br)c(Br)s1. The van der Waals surface area contributed by atoms with E-state index in [4.69, 9.17) is 11.6 Å². The van der Waals surface area contributed by atoms with Crippen LogP contribution in [0.25, 0.3) is 0 Å². The topological polar surface area (TPSA) is 0 Å². The van der Waals surface area contributed by atoms with E-state index in [1.807, 2.05) is 0 Å². The molecule has 108 valence electrons. The van der Waals surface area contributed by atoms with Crippen molar-refractivity contribution >= 4 is 54.8 Å². The van der Waals surface area contributed by atoms with Crippen molar-refractivity contribution in [2.24, 2.45) is 5.92 Å². The zero-order chi connectivity index (χ0) is 14.7. The van der Waals surface area contributed by atoms with Crippen LogP contribution in [0.5, 0.6) is 0 Å². The predicted molar refractivity (Wildman–Crippen MR) is 97.0 cm³/mol. The molecule has 1 heterocycles. The second-order valence-electron chi connectivity index (χ2n) is 4.99. The second-order valence-corrected chi connectivity index (χ2v) is 8.72. The summed E-state index contributed by atoms with van der Waals surface area (Å²) in [6.45, 7) is 4.51. The number of benzene rings is 1. The van der Waals surface area contributed by atoms with E-state index >= 15 is 0 Å². The zero-order valence-corrected chi connectivity index (χ0v) is 16.2. The van der Waals surface area contributed by atoms with Crippen LogP contribution in [0, 0.1) is 5.92 Å². The fraction of sp³-hybridized carbons (Fsp3) is 0.375. The Balaban J connectivity index is 2.36. The summed E-state index contributed by atoms with van der Waals surface area (Å²) in [7, 11) is 0. The lowest BCUT2D eigenvalue weighted by atomic mass is 9.82. The molecule has 0 aliphatic carbocycles. The first-order chi connectivity index (χ1) is 9.54. The summed E-state index contributed by atoms with van der Waals surface area (Å²) in [5, 5.41) is -0.0000463. The molecule has 1 aromatic heterocycles. The number of rotatable bonds is 5. The molecule has 0 amide bonds. The molecule has 0 aliphatic heterocycles. The molecule has 0 nitrogen and oxygen atoms in total. The summed E-state index contributed by atoms with van der Waals surface area (Å²) in [6, 6.07) is 12.7. The maximum atomic E-state index is 6.83. The normalized spacial score (nSPS) is 15.8. The van der Waals surface area contributed by atoms with Crippen LogP contribution in [0.15, 0.2) is 44.7 Å². The maximum absolute atomic E-state index is 6.83. The molecule has 3 atom stereocenters. The van der Waals surface area contributed by atoms with Gasteiger partial charge in [0.05, 0.1) is 9.16 Å². The summed E-state index contributed by atoms with van der Waals surface area (Å²) in [4.78, 5) is 1.21. The molecule has 0 spiro atoms. The third-order valence-electron chi connectivity index (χ3n) is 3.69. The van der Waals surface area contributed by atoms with E-state index in [0.717, 1.165) is 14.7 Å². The quantitative estimate of drug-likeness (QED) is 0.429. The first kappa shape index (κ1) is 16.5. The average Bonchev–Trinajstić information content (AvgIpc) is 2.80. The summed E-state index contributed by atoms with van der Waals surface area (Å²) >= 11 is 15.7. The van der Waals surface area contributed by atoms with E-state index in [1.54, 1.807) is 11.3 Å². The van der Waals surface area contributed by atoms with E-state index in [0.29, 0.717) is 11.8 Å². The van der Waals surface area contributed by atoms with Crippen molar-refractivity contribution in [2.45, 2.75) is 31.6 Å². The molecule has 0 fully saturated rings. The molecule has 0 N–H and O–H groups in total. The highest BCUT2D eigenvalue weighted by Crippen LogP contribution is 2.47. The molecule has 0 saturated heterocycles. The Morgan fingerprint density at radius 3 is 2.35 bits per heavy atom. The van der Waals surface area contributed by atoms with Gasteiger partial charge in [-0.1, -0.05) is 50.6 Å². The Kier molecular flexibility index (Phi) is 6.15. The van der Waals surface area contributed by atoms with Gasteiger partial charge in [-0.25, -0.2) is 0 Å². The van der Waals surface area contributed by atoms with Gasteiger partial charge in [-0.05, 0) is 49.4 Å². The van der Waals surface area contributed by atoms with Gasteiger partial charge in [0.25, 0.3) is 0 Å². The summed E-state index contributed by atoms with van der Waals surface area (Å²) < 4.78 is 2.19. The number of hydrogen-bond donors (Lipinski definition) is 0. The van der Waals surface area contributed by atoms with E-state index < -0.39 is 0 Å². The fourth-order valence-electron chi connectivity index (χ4n) is 2.39. The smallest absolute Gasteiger partial charge is 0.0843 e. The van der Waals surface area contributed by atoms with Crippen molar-refractivity contribution in [3.63, 3.8) is 0 Å². The molecule has 3 unspecified atom stereocenters. The van der Waals surface area contributed by atoms with Gasteiger partial charge in [0, 0.05) is 15.3 Å². The molecule has 2 rings (SSSR count). The minimum Gasteiger partial charge on any atom is -0.130 e. The highest BCUT2D eigenvalue weighted by atomic mass is 79.9. The molecule has 0 bridgehead atoms. The minimum atomic E-state index is -0.0000463. The number of alkyl halides is 1. The molecule has 20 heavy (non-hydrogen) atoms. The molecule has 0 radical (unpaired) electrons. The van der Waals surface area contributed by atoms with Crippen LogP contribution in [0.2, 0.25) is 0 Å². The monoisotopic (exact) mass is 434 g/mol. The van der Waals surface area contributed by atoms with E-state index in [-0.39, 0.29) is 5.38 Å². The Bertz CT molecular complexity index is 533. The van der Waals surface area contributed by atoms with Crippen LogP contribution in [-0.2, 0) is 0 Å². The van der Waals surface area contributed by atoms with Crippen LogP contribution >= 0.6 is 54.8 Å². The number of halogens is 3. The number of hydrogen-bond acceptors (Lipinski definition) is 1. The Morgan fingerprint density at radius 1 is 1.20 bits per heavy atom. The van der Waals surface area contributed by atoms with Gasteiger partial charge >= 0.3 is 0 Å². The van der Waals surface area contributed by atoms with Crippen LogP contribution in [0.1, 0.15) is 42.0 Å². The summed E-state index contributed by atoms with van der Waals surface area (Å²) in [5.41, 5.74) is 1.32. The first-order valence-corrected chi connectivity index (χ1v) is 9.52. The van der Waals surface area contributed by atoms with E-state index in [1.165, 1.54) is 10.4 Å². The lowest BCUT2D eigenvalue weighted by molar-refractivity contribution is 0.436. The van der Waals surface area contributed by atoms with Gasteiger partial charge in [0.15, 0.2) is 0 Å². The Hall–Kier alpha value is 0.170. The summed E-state index contributed by atoms with van der Waals surface area (Å²) in [6.07, 6.45) is 1.12. The van der Waals surface area contributed by atoms with Crippen LogP contribution in [0.3, 0.4) is 0 Å². The van der Waals surface area contributed by atoms with Crippen molar-refractivity contribution in [1.82, 2.24) is 0 Å². The minimum absolute atomic E-state index is 0.0000463. The zero-order valence-electron chi connectivity index (χ0n) is 11.4. The standard InChI is InChI=1S/C16H17Br2ClS/c1-3-10(2)14(11-7-5-4-6-8-11)15(19)13-9-12(17)16(18)20-13/h4-10,14-15H,3H2,1-2H3. The Labute approximate surface area is 146 Å². The third-order valence-corrected chi connectivity index (χ3v) is 7.67. The molecule has 1 aromatic carbocycles. The largest absolute Gasteiger partial charge is 0.130 e. The van der Waals surface area contributed by atoms with Crippen LogP contribution in [-0.4, -0.2) is 0 Å². The van der Waals surface area contributed by atoms with Crippen LogP contribution < -0.4 is 0 Å². The van der Waals surface area contributed by atoms with Crippen molar-refractivity contribution in [3.05, 3.63) is 55.1 Å². The molecule has 2 aromatic rings. The predicted octanol–water partition coefficient (Wildman–Crippen LogP) is 7.38. The van der Waals surface area contributed by atoms with Gasteiger partial charge in [-0.3, -0.25) is 0 Å². The van der Waals surface area contributed by atoms with E-state index in [9.17, 15) is 0 Å². The lowest BCUT2D eigenvalue weighted by Gasteiger charge is -2.27. The first-order valence-electron chi connectivity index (χ1n) is 6.68. The van der Waals surface area contributed by atoms with Crippen molar-refractivity contribution in [1.29, 1.82) is 0 Å². The van der Waals surface area contributed by atoms with Gasteiger partial charge in [-0.2, -0.15) is 0 Å². The molecule has 4 heteroatoms. The fourth-order valence-corrected chi connectivity index (χ4v) is 5.10. The highest BCUT2D eigenvalue weighted by Gasteiger charge is 2.28. The van der Waals surface area contributed by atoms with Crippen molar-refractivity contribution in [3.8, 4) is 0 Å². The third kappa shape index (κ3) is 3.68. The van der Waals surface area contributed by atoms with E-state index in [2.05, 4.69) is 82.1 Å². The maximum Gasteiger partial charge on any atom is 0.0843 e. The number of thiophene rings is 1. The second kappa shape index (κ2) is 7.44. The lowest BCUT2D eigenvalue weighted by Crippen LogP contribution is -2.14. The van der Waals surface area contributed by atoms with Crippen molar-refractivity contribution < 1.29 is 0 Å². The average molecular weight is 437 g/mol. The molecule has 0 aliphatic rings. The van der Waals surface area contributed by atoms with Gasteiger partial charge in [0.1, 0.15) is 0 Å². The molecule has 0 saturated carbocycles. The summed E-state index contributed by atoms with van der Waals surface area (Å²) in [5.74, 6) is 0.875. The van der Waals surface area contributed by atoms with Gasteiger partial charge < -0.3 is 0 Å². The Morgan fingerprint density at radius 2 is 1.85 bits per heavy atom. The van der Waals surface area contributed by atoms with Gasteiger partial charge in [0.2, 0.25) is 0 Å². The molecular formula is C16H17Br2ClS.